The number of aliphatic imine (C=N–C) groups is 1. The van der Waals surface area contributed by atoms with Crippen LogP contribution in [0.5, 0.6) is 0 Å². The molecule has 0 fully saturated rings. The van der Waals surface area contributed by atoms with E-state index in [0.29, 0.717) is 35.8 Å². The van der Waals surface area contributed by atoms with E-state index in [-0.39, 0.29) is 24.0 Å². The highest BCUT2D eigenvalue weighted by Crippen LogP contribution is 2.24. The van der Waals surface area contributed by atoms with Gasteiger partial charge < -0.3 is 19.9 Å². The minimum Gasteiger partial charge on any atom is -0.379 e. The van der Waals surface area contributed by atoms with E-state index in [9.17, 15) is 0 Å². The van der Waals surface area contributed by atoms with Crippen molar-refractivity contribution in [2.45, 2.75) is 20.4 Å². The van der Waals surface area contributed by atoms with Gasteiger partial charge in [-0.1, -0.05) is 37.0 Å². The smallest absolute Gasteiger partial charge is 0.191 e. The fraction of sp³-hybridized carbons (Fsp3) is 0.643. The SMILES string of the molecule is CN=C(NCCOCC(C)C)NCc1cc(Cl)c(Cl)n1C.I. The molecular weight excluding hydrogens is 438 g/mol. The van der Waals surface area contributed by atoms with Crippen molar-refractivity contribution >= 4 is 53.1 Å². The van der Waals surface area contributed by atoms with Crippen LogP contribution in [0.4, 0.5) is 0 Å². The molecule has 0 spiro atoms. The summed E-state index contributed by atoms with van der Waals surface area (Å²) in [5, 5.41) is 7.50. The number of hydrogen-bond acceptors (Lipinski definition) is 2. The third-order valence-electron chi connectivity index (χ3n) is 2.87. The van der Waals surface area contributed by atoms with Gasteiger partial charge in [-0.25, -0.2) is 0 Å². The second-order valence-electron chi connectivity index (χ2n) is 5.15. The highest BCUT2D eigenvalue weighted by Gasteiger charge is 2.09. The minimum absolute atomic E-state index is 0. The molecule has 1 aromatic rings. The third-order valence-corrected chi connectivity index (χ3v) is 3.71. The molecule has 0 saturated carbocycles. The molecule has 2 N–H and O–H groups in total. The number of hydrogen-bond donors (Lipinski definition) is 2. The van der Waals surface area contributed by atoms with E-state index in [2.05, 4.69) is 29.5 Å². The van der Waals surface area contributed by atoms with Gasteiger partial charge >= 0.3 is 0 Å². The number of nitrogens with zero attached hydrogens (tertiary/aromatic N) is 2. The Kier molecular flexibility index (Phi) is 11.3. The Hall–Kier alpha value is -0.180. The molecule has 1 heterocycles. The van der Waals surface area contributed by atoms with Gasteiger partial charge in [0.05, 0.1) is 18.2 Å². The van der Waals surface area contributed by atoms with E-state index in [1.165, 1.54) is 0 Å². The summed E-state index contributed by atoms with van der Waals surface area (Å²) < 4.78 is 7.35. The summed E-state index contributed by atoms with van der Waals surface area (Å²) in [7, 11) is 3.61. The number of guanidine groups is 1. The highest BCUT2D eigenvalue weighted by atomic mass is 127. The van der Waals surface area contributed by atoms with Gasteiger partial charge in [-0.05, 0) is 12.0 Å². The molecule has 0 bridgehead atoms. The molecule has 8 heteroatoms. The van der Waals surface area contributed by atoms with Crippen LogP contribution in [-0.4, -0.2) is 37.3 Å². The zero-order chi connectivity index (χ0) is 15.8. The molecule has 0 amide bonds. The number of rotatable bonds is 7. The molecule has 0 aromatic carbocycles. The zero-order valence-corrected chi connectivity index (χ0v) is 17.3. The van der Waals surface area contributed by atoms with Gasteiger partial charge in [0, 0.05) is 32.9 Å². The van der Waals surface area contributed by atoms with E-state index < -0.39 is 0 Å². The molecule has 0 radical (unpaired) electrons. The van der Waals surface area contributed by atoms with Gasteiger partial charge in [0.25, 0.3) is 0 Å². The lowest BCUT2D eigenvalue weighted by molar-refractivity contribution is 0.114. The molecule has 22 heavy (non-hydrogen) atoms. The summed E-state index contributed by atoms with van der Waals surface area (Å²) >= 11 is 12.0. The monoisotopic (exact) mass is 462 g/mol. The second kappa shape index (κ2) is 11.4. The summed E-state index contributed by atoms with van der Waals surface area (Å²) in [5.41, 5.74) is 0.990. The molecule has 0 aliphatic carbocycles. The van der Waals surface area contributed by atoms with Crippen LogP contribution in [0.1, 0.15) is 19.5 Å². The topological polar surface area (TPSA) is 50.6 Å². The maximum atomic E-state index is 6.03. The van der Waals surface area contributed by atoms with Crippen LogP contribution in [0.2, 0.25) is 10.2 Å². The summed E-state index contributed by atoms with van der Waals surface area (Å²) in [5.74, 6) is 1.27. The van der Waals surface area contributed by atoms with E-state index >= 15 is 0 Å². The van der Waals surface area contributed by atoms with Gasteiger partial charge in [0.15, 0.2) is 5.96 Å². The third kappa shape index (κ3) is 7.39. The van der Waals surface area contributed by atoms with Gasteiger partial charge in [-0.2, -0.15) is 0 Å². The first-order chi connectivity index (χ1) is 9.95. The predicted molar refractivity (Wildman–Crippen MR) is 105 cm³/mol. The Morgan fingerprint density at radius 3 is 2.55 bits per heavy atom. The Balaban J connectivity index is 0.00000441. The zero-order valence-electron chi connectivity index (χ0n) is 13.4. The largest absolute Gasteiger partial charge is 0.379 e. The van der Waals surface area contributed by atoms with Crippen LogP contribution in [0, 0.1) is 5.92 Å². The number of ether oxygens (including phenoxy) is 1. The quantitative estimate of drug-likeness (QED) is 0.283. The second-order valence-corrected chi connectivity index (χ2v) is 5.92. The fourth-order valence-corrected chi connectivity index (χ4v) is 2.13. The summed E-state index contributed by atoms with van der Waals surface area (Å²) in [6.45, 7) is 6.99. The van der Waals surface area contributed by atoms with Crippen molar-refractivity contribution in [2.75, 3.05) is 26.8 Å². The van der Waals surface area contributed by atoms with Crippen LogP contribution >= 0.6 is 47.2 Å². The molecular formula is C14H25Cl2IN4O. The summed E-state index contributed by atoms with van der Waals surface area (Å²) in [6, 6.07) is 1.84. The van der Waals surface area contributed by atoms with Crippen LogP contribution in [0.3, 0.4) is 0 Å². The van der Waals surface area contributed by atoms with Crippen LogP contribution in [-0.2, 0) is 18.3 Å². The highest BCUT2D eigenvalue weighted by molar-refractivity contribution is 14.0. The Labute approximate surface area is 159 Å². The number of nitrogens with one attached hydrogen (secondary N) is 2. The first kappa shape index (κ1) is 21.8. The lowest BCUT2D eigenvalue weighted by atomic mass is 10.2. The lowest BCUT2D eigenvalue weighted by Crippen LogP contribution is -2.38. The normalized spacial score (nSPS) is 11.5. The predicted octanol–water partition coefficient (Wildman–Crippen LogP) is 3.29. The summed E-state index contributed by atoms with van der Waals surface area (Å²) in [6.07, 6.45) is 0. The number of halogens is 3. The van der Waals surface area contributed by atoms with E-state index in [1.807, 2.05) is 17.7 Å². The van der Waals surface area contributed by atoms with Crippen LogP contribution in [0.25, 0.3) is 0 Å². The fourth-order valence-electron chi connectivity index (χ4n) is 1.71. The molecule has 1 aromatic heterocycles. The van der Waals surface area contributed by atoms with Crippen LogP contribution < -0.4 is 10.6 Å². The molecule has 128 valence electrons. The number of aromatic nitrogens is 1. The van der Waals surface area contributed by atoms with Gasteiger partial charge in [0.1, 0.15) is 5.15 Å². The summed E-state index contributed by atoms with van der Waals surface area (Å²) in [4.78, 5) is 4.16. The minimum atomic E-state index is 0. The van der Waals surface area contributed by atoms with E-state index in [0.717, 1.165) is 18.3 Å². The van der Waals surface area contributed by atoms with Crippen LogP contribution in [0.15, 0.2) is 11.1 Å². The average molecular weight is 463 g/mol. The Morgan fingerprint density at radius 2 is 2.05 bits per heavy atom. The molecule has 0 unspecified atom stereocenters. The van der Waals surface area contributed by atoms with Crippen molar-refractivity contribution in [3.8, 4) is 0 Å². The first-order valence-corrected chi connectivity index (χ1v) is 7.73. The standard InChI is InChI=1S/C14H24Cl2N4O.HI/c1-10(2)9-21-6-5-18-14(17-3)19-8-11-7-12(15)13(16)20(11)4;/h7,10H,5-6,8-9H2,1-4H3,(H2,17,18,19);1H. The van der Waals surface area contributed by atoms with Crippen molar-refractivity contribution < 1.29 is 4.74 Å². The molecule has 5 nitrogen and oxygen atoms in total. The van der Waals surface area contributed by atoms with E-state index in [4.69, 9.17) is 27.9 Å². The molecule has 1 rings (SSSR count). The Morgan fingerprint density at radius 1 is 1.36 bits per heavy atom. The van der Waals surface area contributed by atoms with Gasteiger partial charge in [0.2, 0.25) is 0 Å². The van der Waals surface area contributed by atoms with Crippen molar-refractivity contribution in [2.24, 2.45) is 18.0 Å². The van der Waals surface area contributed by atoms with Crippen molar-refractivity contribution in [3.05, 3.63) is 21.9 Å². The molecule has 0 atom stereocenters. The Bertz CT molecular complexity index is 478. The van der Waals surface area contributed by atoms with Crippen molar-refractivity contribution in [3.63, 3.8) is 0 Å². The maximum Gasteiger partial charge on any atom is 0.191 e. The van der Waals surface area contributed by atoms with E-state index in [1.54, 1.807) is 7.05 Å². The van der Waals surface area contributed by atoms with Crippen molar-refractivity contribution in [1.29, 1.82) is 0 Å². The molecule has 0 aliphatic heterocycles. The van der Waals surface area contributed by atoms with Crippen molar-refractivity contribution in [1.82, 2.24) is 15.2 Å². The molecule has 0 saturated heterocycles. The molecule has 0 aliphatic rings. The van der Waals surface area contributed by atoms with Gasteiger partial charge in [-0.3, -0.25) is 4.99 Å². The first-order valence-electron chi connectivity index (χ1n) is 6.97. The van der Waals surface area contributed by atoms with Gasteiger partial charge in [-0.15, -0.1) is 24.0 Å². The maximum absolute atomic E-state index is 6.03. The average Bonchev–Trinajstić information content (AvgIpc) is 2.69. The lowest BCUT2D eigenvalue weighted by Gasteiger charge is -2.13.